The largest absolute Gasteiger partial charge is 0.355 e. The quantitative estimate of drug-likeness (QED) is 0.696. The molecule has 1 aromatic heterocycles. The molecule has 78 valence electrons. The zero-order valence-corrected chi connectivity index (χ0v) is 9.33. The maximum atomic E-state index is 5.95. The first-order valence-corrected chi connectivity index (χ1v) is 5.34. The SMILES string of the molecule is Cn1nncc1N1CCC(C)(CCl)C1. The van der Waals surface area contributed by atoms with Crippen molar-refractivity contribution in [3.05, 3.63) is 6.20 Å². The van der Waals surface area contributed by atoms with Crippen molar-refractivity contribution < 1.29 is 0 Å². The lowest BCUT2D eigenvalue weighted by Crippen LogP contribution is -2.27. The minimum Gasteiger partial charge on any atom is -0.355 e. The molecule has 4 nitrogen and oxygen atoms in total. The molecular weight excluding hydrogens is 200 g/mol. The van der Waals surface area contributed by atoms with E-state index in [4.69, 9.17) is 11.6 Å². The molecule has 0 aliphatic carbocycles. The molecule has 0 spiro atoms. The Kier molecular flexibility index (Phi) is 2.39. The number of nitrogens with zero attached hydrogens (tertiary/aromatic N) is 4. The molecule has 1 aliphatic rings. The van der Waals surface area contributed by atoms with Crippen LogP contribution < -0.4 is 4.90 Å². The minimum absolute atomic E-state index is 0.242. The first kappa shape index (κ1) is 9.77. The monoisotopic (exact) mass is 214 g/mol. The summed E-state index contributed by atoms with van der Waals surface area (Å²) in [7, 11) is 1.92. The van der Waals surface area contributed by atoms with Crippen LogP contribution in [0.25, 0.3) is 0 Å². The van der Waals surface area contributed by atoms with E-state index in [9.17, 15) is 0 Å². The van der Waals surface area contributed by atoms with Crippen LogP contribution in [0, 0.1) is 5.41 Å². The van der Waals surface area contributed by atoms with Gasteiger partial charge in [0.2, 0.25) is 0 Å². The van der Waals surface area contributed by atoms with Crippen molar-refractivity contribution in [2.24, 2.45) is 12.5 Å². The van der Waals surface area contributed by atoms with Gasteiger partial charge < -0.3 is 4.90 Å². The van der Waals surface area contributed by atoms with Gasteiger partial charge in [0.05, 0.1) is 6.20 Å². The molecule has 1 saturated heterocycles. The number of hydrogen-bond acceptors (Lipinski definition) is 3. The van der Waals surface area contributed by atoms with Crippen LogP contribution in [-0.2, 0) is 7.05 Å². The fourth-order valence-electron chi connectivity index (χ4n) is 1.90. The molecule has 1 unspecified atom stereocenters. The summed E-state index contributed by atoms with van der Waals surface area (Å²) in [5.41, 5.74) is 0.242. The number of aryl methyl sites for hydroxylation is 1. The molecule has 0 radical (unpaired) electrons. The van der Waals surface area contributed by atoms with Crippen LogP contribution in [0.1, 0.15) is 13.3 Å². The van der Waals surface area contributed by atoms with Crippen molar-refractivity contribution in [1.82, 2.24) is 15.0 Å². The van der Waals surface area contributed by atoms with Gasteiger partial charge in [0.25, 0.3) is 0 Å². The molecule has 0 amide bonds. The Labute approximate surface area is 88.8 Å². The third-order valence-corrected chi connectivity index (χ3v) is 3.54. The topological polar surface area (TPSA) is 34.0 Å². The maximum Gasteiger partial charge on any atom is 0.147 e. The summed E-state index contributed by atoms with van der Waals surface area (Å²) in [6.45, 7) is 4.27. The smallest absolute Gasteiger partial charge is 0.147 e. The third-order valence-electron chi connectivity index (χ3n) is 2.90. The van der Waals surface area contributed by atoms with E-state index in [1.54, 1.807) is 10.9 Å². The van der Waals surface area contributed by atoms with Crippen molar-refractivity contribution in [2.75, 3.05) is 23.9 Å². The first-order chi connectivity index (χ1) is 6.64. The van der Waals surface area contributed by atoms with Gasteiger partial charge in [-0.1, -0.05) is 12.1 Å². The Hall–Kier alpha value is -0.770. The molecule has 0 N–H and O–H groups in total. The van der Waals surface area contributed by atoms with Crippen molar-refractivity contribution in [3.8, 4) is 0 Å². The summed E-state index contributed by atoms with van der Waals surface area (Å²) in [6.07, 6.45) is 2.95. The van der Waals surface area contributed by atoms with E-state index in [-0.39, 0.29) is 5.41 Å². The van der Waals surface area contributed by atoms with E-state index in [0.29, 0.717) is 0 Å². The number of alkyl halides is 1. The Balaban J connectivity index is 2.13. The highest BCUT2D eigenvalue weighted by atomic mass is 35.5. The predicted octanol–water partition coefficient (Wildman–Crippen LogP) is 1.27. The maximum absolute atomic E-state index is 5.95. The van der Waals surface area contributed by atoms with E-state index < -0.39 is 0 Å². The Morgan fingerprint density at radius 1 is 1.64 bits per heavy atom. The highest BCUT2D eigenvalue weighted by Gasteiger charge is 2.34. The number of halogens is 1. The predicted molar refractivity (Wildman–Crippen MR) is 56.7 cm³/mol. The summed E-state index contributed by atoms with van der Waals surface area (Å²) in [5, 5.41) is 7.81. The van der Waals surface area contributed by atoms with Crippen molar-refractivity contribution in [1.29, 1.82) is 0 Å². The van der Waals surface area contributed by atoms with Crippen LogP contribution in [0.4, 0.5) is 5.82 Å². The van der Waals surface area contributed by atoms with E-state index >= 15 is 0 Å². The second-order valence-corrected chi connectivity index (χ2v) is 4.60. The number of aromatic nitrogens is 3. The summed E-state index contributed by atoms with van der Waals surface area (Å²) in [4.78, 5) is 2.29. The van der Waals surface area contributed by atoms with Gasteiger partial charge in [-0.25, -0.2) is 4.68 Å². The molecule has 0 saturated carbocycles. The average Bonchev–Trinajstić information content (AvgIpc) is 2.73. The zero-order valence-electron chi connectivity index (χ0n) is 8.57. The fourth-order valence-corrected chi connectivity index (χ4v) is 2.12. The molecule has 1 aromatic rings. The van der Waals surface area contributed by atoms with E-state index in [1.165, 1.54) is 0 Å². The molecule has 1 atom stereocenters. The summed E-state index contributed by atoms with van der Waals surface area (Å²) < 4.78 is 1.81. The summed E-state index contributed by atoms with van der Waals surface area (Å²) in [6, 6.07) is 0. The zero-order chi connectivity index (χ0) is 10.2. The molecule has 0 bridgehead atoms. The van der Waals surface area contributed by atoms with Crippen LogP contribution >= 0.6 is 11.6 Å². The molecule has 14 heavy (non-hydrogen) atoms. The highest BCUT2D eigenvalue weighted by Crippen LogP contribution is 2.33. The lowest BCUT2D eigenvalue weighted by Gasteiger charge is -2.22. The number of hydrogen-bond donors (Lipinski definition) is 0. The molecule has 1 fully saturated rings. The van der Waals surface area contributed by atoms with E-state index in [0.717, 1.165) is 31.2 Å². The van der Waals surface area contributed by atoms with Gasteiger partial charge in [0.1, 0.15) is 5.82 Å². The van der Waals surface area contributed by atoms with E-state index in [1.807, 2.05) is 7.05 Å². The standard InChI is InChI=1S/C9H15ClN4/c1-9(6-10)3-4-14(7-9)8-5-11-12-13(8)2/h5H,3-4,6-7H2,1-2H3. The summed E-state index contributed by atoms with van der Waals surface area (Å²) in [5.74, 6) is 1.80. The van der Waals surface area contributed by atoms with Crippen molar-refractivity contribution in [3.63, 3.8) is 0 Å². The number of anilines is 1. The van der Waals surface area contributed by atoms with Gasteiger partial charge in [0.15, 0.2) is 0 Å². The lowest BCUT2D eigenvalue weighted by atomic mass is 9.93. The van der Waals surface area contributed by atoms with E-state index in [2.05, 4.69) is 22.1 Å². The Morgan fingerprint density at radius 3 is 2.93 bits per heavy atom. The van der Waals surface area contributed by atoms with Crippen LogP contribution in [0.2, 0.25) is 0 Å². The van der Waals surface area contributed by atoms with Crippen LogP contribution in [0.3, 0.4) is 0 Å². The second kappa shape index (κ2) is 3.42. The normalized spacial score (nSPS) is 27.2. The van der Waals surface area contributed by atoms with Gasteiger partial charge in [-0.05, 0) is 6.42 Å². The Bertz CT molecular complexity index is 324. The molecule has 5 heteroatoms. The van der Waals surface area contributed by atoms with Gasteiger partial charge in [-0.2, -0.15) is 0 Å². The molecule has 2 rings (SSSR count). The Morgan fingerprint density at radius 2 is 2.43 bits per heavy atom. The molecule has 2 heterocycles. The van der Waals surface area contributed by atoms with Gasteiger partial charge in [-0.3, -0.25) is 0 Å². The van der Waals surface area contributed by atoms with Crippen LogP contribution in [0.5, 0.6) is 0 Å². The molecular formula is C9H15ClN4. The van der Waals surface area contributed by atoms with Gasteiger partial charge in [0, 0.05) is 31.4 Å². The lowest BCUT2D eigenvalue weighted by molar-refractivity contribution is 0.425. The number of rotatable bonds is 2. The first-order valence-electron chi connectivity index (χ1n) is 4.80. The van der Waals surface area contributed by atoms with Gasteiger partial charge >= 0.3 is 0 Å². The second-order valence-electron chi connectivity index (χ2n) is 4.33. The average molecular weight is 215 g/mol. The van der Waals surface area contributed by atoms with Crippen molar-refractivity contribution in [2.45, 2.75) is 13.3 Å². The van der Waals surface area contributed by atoms with Gasteiger partial charge in [-0.15, -0.1) is 16.7 Å². The fraction of sp³-hybridized carbons (Fsp3) is 0.778. The molecule has 0 aromatic carbocycles. The van der Waals surface area contributed by atoms with Crippen LogP contribution in [0.15, 0.2) is 6.20 Å². The highest BCUT2D eigenvalue weighted by molar-refractivity contribution is 6.18. The van der Waals surface area contributed by atoms with Crippen LogP contribution in [-0.4, -0.2) is 34.0 Å². The molecule has 1 aliphatic heterocycles. The summed E-state index contributed by atoms with van der Waals surface area (Å²) >= 11 is 5.95. The third kappa shape index (κ3) is 1.59. The minimum atomic E-state index is 0.242. The van der Waals surface area contributed by atoms with Crippen molar-refractivity contribution >= 4 is 17.4 Å².